The molecule has 6 nitrogen and oxygen atoms in total. The number of benzene rings is 1. The molecule has 4 rings (SSSR count). The van der Waals surface area contributed by atoms with E-state index < -0.39 is 0 Å². The van der Waals surface area contributed by atoms with Gasteiger partial charge in [0, 0.05) is 6.20 Å². The molecular formula is C19H20N2O4. The summed E-state index contributed by atoms with van der Waals surface area (Å²) in [5.74, 6) is -0.216. The minimum atomic E-state index is -0.216. The van der Waals surface area contributed by atoms with Crippen LogP contribution in [0.15, 0.2) is 54.7 Å². The van der Waals surface area contributed by atoms with Gasteiger partial charge in [0.05, 0.1) is 25.9 Å². The molecule has 0 radical (unpaired) electrons. The van der Waals surface area contributed by atoms with Gasteiger partial charge in [0.15, 0.2) is 0 Å². The van der Waals surface area contributed by atoms with E-state index in [4.69, 9.17) is 14.2 Å². The van der Waals surface area contributed by atoms with E-state index in [9.17, 15) is 4.79 Å². The van der Waals surface area contributed by atoms with Gasteiger partial charge < -0.3 is 19.5 Å². The topological polar surface area (TPSA) is 69.7 Å². The Kier molecular flexibility index (Phi) is 4.74. The molecule has 1 aromatic heterocycles. The third kappa shape index (κ3) is 3.56. The monoisotopic (exact) mass is 340 g/mol. The summed E-state index contributed by atoms with van der Waals surface area (Å²) in [6.07, 6.45) is 1.13. The van der Waals surface area contributed by atoms with Gasteiger partial charge >= 0.3 is 0 Å². The molecule has 130 valence electrons. The number of ether oxygens (including phenoxy) is 3. The normalized spacial score (nSPS) is 27.8. The van der Waals surface area contributed by atoms with E-state index in [1.54, 1.807) is 24.4 Å². The summed E-state index contributed by atoms with van der Waals surface area (Å²) in [5.41, 5.74) is 1.50. The fraction of sp³-hybridized carbons (Fsp3) is 0.368. The van der Waals surface area contributed by atoms with Gasteiger partial charge in [0.2, 0.25) is 0 Å². The van der Waals surface area contributed by atoms with Gasteiger partial charge in [0.25, 0.3) is 5.91 Å². The van der Waals surface area contributed by atoms with Gasteiger partial charge in [-0.3, -0.25) is 9.78 Å². The zero-order valence-corrected chi connectivity index (χ0v) is 13.7. The van der Waals surface area contributed by atoms with Crippen LogP contribution in [0.2, 0.25) is 0 Å². The first-order valence-corrected chi connectivity index (χ1v) is 8.42. The van der Waals surface area contributed by atoms with Crippen molar-refractivity contribution in [3.8, 4) is 0 Å². The first-order chi connectivity index (χ1) is 12.3. The van der Waals surface area contributed by atoms with E-state index in [-0.39, 0.29) is 30.3 Å². The van der Waals surface area contributed by atoms with Crippen molar-refractivity contribution in [2.45, 2.75) is 31.0 Å². The number of nitrogens with zero attached hydrogens (tertiary/aromatic N) is 1. The summed E-state index contributed by atoms with van der Waals surface area (Å²) >= 11 is 0. The second kappa shape index (κ2) is 7.31. The van der Waals surface area contributed by atoms with E-state index in [2.05, 4.69) is 10.3 Å². The Morgan fingerprint density at radius 3 is 2.68 bits per heavy atom. The Labute approximate surface area is 146 Å². The number of amides is 1. The van der Waals surface area contributed by atoms with E-state index in [1.165, 1.54) is 0 Å². The van der Waals surface area contributed by atoms with Crippen LogP contribution in [0.25, 0.3) is 0 Å². The first-order valence-electron chi connectivity index (χ1n) is 8.42. The fourth-order valence-corrected chi connectivity index (χ4v) is 3.25. The second-order valence-corrected chi connectivity index (χ2v) is 6.23. The molecule has 2 aliphatic heterocycles. The van der Waals surface area contributed by atoms with Gasteiger partial charge in [0.1, 0.15) is 24.0 Å². The lowest BCUT2D eigenvalue weighted by Gasteiger charge is -2.18. The van der Waals surface area contributed by atoms with Gasteiger partial charge in [-0.15, -0.1) is 0 Å². The van der Waals surface area contributed by atoms with Crippen LogP contribution in [0.3, 0.4) is 0 Å². The number of hydrogen-bond donors (Lipinski definition) is 1. The predicted octanol–water partition coefficient (Wildman–Crippen LogP) is 1.56. The molecule has 4 atom stereocenters. The summed E-state index contributed by atoms with van der Waals surface area (Å²) in [5, 5.41) is 2.95. The zero-order valence-electron chi connectivity index (χ0n) is 13.7. The van der Waals surface area contributed by atoms with Crippen molar-refractivity contribution in [3.63, 3.8) is 0 Å². The summed E-state index contributed by atoms with van der Waals surface area (Å²) in [7, 11) is 0. The summed E-state index contributed by atoms with van der Waals surface area (Å²) in [6.45, 7) is 1.41. The minimum absolute atomic E-state index is 0.123. The molecule has 2 aromatic rings. The first kappa shape index (κ1) is 16.2. The quantitative estimate of drug-likeness (QED) is 0.895. The van der Waals surface area contributed by atoms with Crippen LogP contribution in [0, 0.1) is 0 Å². The van der Waals surface area contributed by atoms with E-state index in [0.717, 1.165) is 5.56 Å². The van der Waals surface area contributed by atoms with E-state index in [1.807, 2.05) is 30.3 Å². The molecule has 3 heterocycles. The third-order valence-corrected chi connectivity index (χ3v) is 4.53. The van der Waals surface area contributed by atoms with Crippen molar-refractivity contribution in [1.82, 2.24) is 10.3 Å². The number of fused-ring (bicyclic) bond motifs is 1. The molecule has 2 fully saturated rings. The Balaban J connectivity index is 1.33. The molecule has 0 bridgehead atoms. The molecule has 4 unspecified atom stereocenters. The van der Waals surface area contributed by atoms with Crippen molar-refractivity contribution < 1.29 is 19.0 Å². The number of carbonyl (C=O) groups excluding carboxylic acids is 1. The number of carbonyl (C=O) groups is 1. The summed E-state index contributed by atoms with van der Waals surface area (Å²) < 4.78 is 17.7. The summed E-state index contributed by atoms with van der Waals surface area (Å²) in [4.78, 5) is 16.3. The van der Waals surface area contributed by atoms with Gasteiger partial charge in [-0.1, -0.05) is 36.4 Å². The van der Waals surface area contributed by atoms with Crippen molar-refractivity contribution >= 4 is 5.91 Å². The minimum Gasteiger partial charge on any atom is -0.370 e. The molecule has 0 spiro atoms. The number of aromatic nitrogens is 1. The van der Waals surface area contributed by atoms with Crippen LogP contribution in [-0.2, 0) is 20.8 Å². The van der Waals surface area contributed by atoms with E-state index in [0.29, 0.717) is 25.5 Å². The molecule has 2 aliphatic rings. The van der Waals surface area contributed by atoms with Crippen LogP contribution in [0.4, 0.5) is 0 Å². The van der Waals surface area contributed by atoms with Crippen LogP contribution < -0.4 is 5.32 Å². The van der Waals surface area contributed by atoms with Crippen LogP contribution >= 0.6 is 0 Å². The molecule has 25 heavy (non-hydrogen) atoms. The number of nitrogens with one attached hydrogen (secondary N) is 1. The second-order valence-electron chi connectivity index (χ2n) is 6.23. The highest BCUT2D eigenvalue weighted by Crippen LogP contribution is 2.29. The standard InChI is InChI=1S/C19H20N2O4/c22-19(14-8-4-5-9-20-14)21-15-11-24-18-16(12-25-17(15)18)23-10-13-6-2-1-3-7-13/h1-9,15-18H,10-12H2,(H,21,22). The molecule has 2 saturated heterocycles. The smallest absolute Gasteiger partial charge is 0.270 e. The molecule has 6 heteroatoms. The molecule has 1 amide bonds. The van der Waals surface area contributed by atoms with Crippen molar-refractivity contribution in [1.29, 1.82) is 0 Å². The van der Waals surface area contributed by atoms with Crippen molar-refractivity contribution in [2.75, 3.05) is 13.2 Å². The van der Waals surface area contributed by atoms with Gasteiger partial charge in [-0.05, 0) is 17.7 Å². The highest BCUT2D eigenvalue weighted by Gasteiger charge is 2.48. The lowest BCUT2D eigenvalue weighted by molar-refractivity contribution is -0.0392. The number of rotatable bonds is 5. The third-order valence-electron chi connectivity index (χ3n) is 4.53. The maximum absolute atomic E-state index is 12.3. The Hall–Kier alpha value is -2.28. The molecule has 0 aliphatic carbocycles. The van der Waals surface area contributed by atoms with Crippen LogP contribution in [0.1, 0.15) is 16.1 Å². The maximum Gasteiger partial charge on any atom is 0.270 e. The zero-order chi connectivity index (χ0) is 17.1. The van der Waals surface area contributed by atoms with Gasteiger partial charge in [-0.2, -0.15) is 0 Å². The Bertz CT molecular complexity index is 710. The molecule has 0 saturated carbocycles. The average Bonchev–Trinajstić information content (AvgIpc) is 3.25. The van der Waals surface area contributed by atoms with Crippen LogP contribution in [0.5, 0.6) is 0 Å². The Morgan fingerprint density at radius 2 is 1.88 bits per heavy atom. The van der Waals surface area contributed by atoms with Crippen molar-refractivity contribution in [3.05, 3.63) is 66.0 Å². The Morgan fingerprint density at radius 1 is 1.08 bits per heavy atom. The van der Waals surface area contributed by atoms with E-state index >= 15 is 0 Å². The lowest BCUT2D eigenvalue weighted by Crippen LogP contribution is -2.44. The molecule has 1 N–H and O–H groups in total. The fourth-order valence-electron chi connectivity index (χ4n) is 3.25. The molecule has 1 aromatic carbocycles. The summed E-state index contributed by atoms with van der Waals surface area (Å²) in [6, 6.07) is 15.1. The van der Waals surface area contributed by atoms with Gasteiger partial charge in [-0.25, -0.2) is 0 Å². The number of hydrogen-bond acceptors (Lipinski definition) is 5. The van der Waals surface area contributed by atoms with Crippen molar-refractivity contribution in [2.24, 2.45) is 0 Å². The maximum atomic E-state index is 12.3. The van der Waals surface area contributed by atoms with Crippen LogP contribution in [-0.4, -0.2) is 48.5 Å². The SMILES string of the molecule is O=C(NC1COC2C(OCc3ccccc3)COC12)c1ccccn1. The predicted molar refractivity (Wildman–Crippen MR) is 90.0 cm³/mol. The lowest BCUT2D eigenvalue weighted by atomic mass is 10.1. The average molecular weight is 340 g/mol. The molecular weight excluding hydrogens is 320 g/mol. The number of pyridine rings is 1. The highest BCUT2D eigenvalue weighted by molar-refractivity contribution is 5.92. The largest absolute Gasteiger partial charge is 0.370 e. The highest BCUT2D eigenvalue weighted by atomic mass is 16.6.